The monoisotopic (exact) mass is 516 g/mol. The maximum Gasteiger partial charge on any atom is 0.435 e. The molecule has 8 heteroatoms. The van der Waals surface area contributed by atoms with Crippen molar-refractivity contribution < 1.29 is 14.3 Å². The van der Waals surface area contributed by atoms with Crippen LogP contribution in [0.3, 0.4) is 0 Å². The third-order valence-electron chi connectivity index (χ3n) is 5.10. The Morgan fingerprint density at radius 3 is 2.80 bits per heavy atom. The fourth-order valence-electron chi connectivity index (χ4n) is 3.90. The molecule has 0 saturated heterocycles. The number of aromatic nitrogens is 3. The Labute approximate surface area is 188 Å². The van der Waals surface area contributed by atoms with Crippen LogP contribution in [0.1, 0.15) is 44.2 Å². The first-order valence-electron chi connectivity index (χ1n) is 9.61. The molecule has 3 aromatic rings. The second-order valence-electron chi connectivity index (χ2n) is 8.18. The standard InChI is InChI=1S/C22H21IN4O3/c1-22(2,3)30-21(28)27-19-17(16(29-4)11-25-18(19)20(23)26-27)15-7-5-6-13-12(10-24)8-9-14(13)15/h5-7,11-12H,8-9H2,1-4H3. The highest BCUT2D eigenvalue weighted by molar-refractivity contribution is 14.1. The lowest BCUT2D eigenvalue weighted by atomic mass is 9.94. The first kappa shape index (κ1) is 20.6. The molecule has 30 heavy (non-hydrogen) atoms. The molecule has 0 fully saturated rings. The van der Waals surface area contributed by atoms with Gasteiger partial charge in [0.25, 0.3) is 0 Å². The van der Waals surface area contributed by atoms with Gasteiger partial charge in [-0.15, -0.1) is 0 Å². The summed E-state index contributed by atoms with van der Waals surface area (Å²) in [5, 5.41) is 13.9. The van der Waals surface area contributed by atoms with Gasteiger partial charge in [-0.1, -0.05) is 18.2 Å². The van der Waals surface area contributed by atoms with Gasteiger partial charge in [-0.2, -0.15) is 15.0 Å². The van der Waals surface area contributed by atoms with Crippen molar-refractivity contribution in [1.82, 2.24) is 14.8 Å². The minimum Gasteiger partial charge on any atom is -0.494 e. The van der Waals surface area contributed by atoms with Crippen molar-refractivity contribution in [1.29, 1.82) is 5.26 Å². The van der Waals surface area contributed by atoms with E-state index in [1.165, 1.54) is 4.68 Å². The molecule has 2 aromatic heterocycles. The molecule has 0 amide bonds. The van der Waals surface area contributed by atoms with E-state index in [9.17, 15) is 10.1 Å². The molecule has 2 heterocycles. The summed E-state index contributed by atoms with van der Waals surface area (Å²) in [6, 6.07) is 8.32. The Kier molecular flexibility index (Phi) is 5.18. The molecule has 1 aromatic carbocycles. The highest BCUT2D eigenvalue weighted by Gasteiger charge is 2.30. The predicted octanol–water partition coefficient (Wildman–Crippen LogP) is 5.05. The number of carbonyl (C=O) groups excluding carboxylic acids is 1. The van der Waals surface area contributed by atoms with Crippen LogP contribution in [0.15, 0.2) is 24.4 Å². The van der Waals surface area contributed by atoms with Crippen molar-refractivity contribution in [3.8, 4) is 22.9 Å². The van der Waals surface area contributed by atoms with Gasteiger partial charge in [0.05, 0.1) is 30.9 Å². The van der Waals surface area contributed by atoms with Crippen molar-refractivity contribution in [3.05, 3.63) is 39.2 Å². The van der Waals surface area contributed by atoms with Crippen LogP contribution in [-0.2, 0) is 11.2 Å². The van der Waals surface area contributed by atoms with Gasteiger partial charge in [0.2, 0.25) is 0 Å². The Morgan fingerprint density at radius 2 is 2.13 bits per heavy atom. The van der Waals surface area contributed by atoms with E-state index in [-0.39, 0.29) is 5.92 Å². The summed E-state index contributed by atoms with van der Waals surface area (Å²) in [6.07, 6.45) is 2.64. The second kappa shape index (κ2) is 7.54. The number of methoxy groups -OCH3 is 1. The van der Waals surface area contributed by atoms with Crippen molar-refractivity contribution in [2.24, 2.45) is 0 Å². The third-order valence-corrected chi connectivity index (χ3v) is 5.82. The van der Waals surface area contributed by atoms with Gasteiger partial charge in [0, 0.05) is 0 Å². The van der Waals surface area contributed by atoms with Crippen LogP contribution in [0.5, 0.6) is 5.75 Å². The van der Waals surface area contributed by atoms with Crippen LogP contribution < -0.4 is 4.74 Å². The maximum absolute atomic E-state index is 13.0. The summed E-state index contributed by atoms with van der Waals surface area (Å²) in [4.78, 5) is 17.5. The molecule has 0 radical (unpaired) electrons. The molecule has 0 saturated carbocycles. The molecular weight excluding hydrogens is 495 g/mol. The lowest BCUT2D eigenvalue weighted by Gasteiger charge is -2.20. The van der Waals surface area contributed by atoms with Gasteiger partial charge in [-0.25, -0.2) is 9.78 Å². The summed E-state index contributed by atoms with van der Waals surface area (Å²) in [6.45, 7) is 5.44. The van der Waals surface area contributed by atoms with Crippen LogP contribution in [0, 0.1) is 15.0 Å². The fourth-order valence-corrected chi connectivity index (χ4v) is 4.51. The van der Waals surface area contributed by atoms with E-state index >= 15 is 0 Å². The summed E-state index contributed by atoms with van der Waals surface area (Å²) in [5.41, 5.74) is 4.27. The average molecular weight is 516 g/mol. The van der Waals surface area contributed by atoms with Crippen LogP contribution in [0.25, 0.3) is 22.2 Å². The summed E-state index contributed by atoms with van der Waals surface area (Å²) in [7, 11) is 1.58. The maximum atomic E-state index is 13.0. The zero-order valence-electron chi connectivity index (χ0n) is 17.2. The Hall–Kier alpha value is -2.67. The molecule has 154 valence electrons. The molecular formula is C22H21IN4O3. The first-order valence-corrected chi connectivity index (χ1v) is 10.7. The number of carbonyl (C=O) groups is 1. The molecule has 1 aliphatic carbocycles. The number of benzene rings is 1. The zero-order chi connectivity index (χ0) is 21.6. The second-order valence-corrected chi connectivity index (χ2v) is 9.20. The number of halogens is 1. The van der Waals surface area contributed by atoms with Crippen LogP contribution in [0.4, 0.5) is 4.79 Å². The highest BCUT2D eigenvalue weighted by Crippen LogP contribution is 2.44. The van der Waals surface area contributed by atoms with E-state index in [0.29, 0.717) is 20.5 Å². The number of fused-ring (bicyclic) bond motifs is 2. The van der Waals surface area contributed by atoms with Gasteiger partial charge in [-0.05, 0) is 72.9 Å². The van der Waals surface area contributed by atoms with E-state index in [2.05, 4.69) is 38.7 Å². The molecule has 1 unspecified atom stereocenters. The fraction of sp³-hybridized carbons (Fsp3) is 0.364. The lowest BCUT2D eigenvalue weighted by Crippen LogP contribution is -2.28. The summed E-state index contributed by atoms with van der Waals surface area (Å²) < 4.78 is 13.1. The van der Waals surface area contributed by atoms with Crippen LogP contribution >= 0.6 is 22.6 Å². The third kappa shape index (κ3) is 3.41. The molecule has 0 spiro atoms. The molecule has 7 nitrogen and oxygen atoms in total. The van der Waals surface area contributed by atoms with E-state index in [4.69, 9.17) is 9.47 Å². The minimum atomic E-state index is -0.665. The number of hydrogen-bond donors (Lipinski definition) is 0. The molecule has 0 N–H and O–H groups in total. The van der Waals surface area contributed by atoms with Gasteiger partial charge in [-0.3, -0.25) is 0 Å². The Balaban J connectivity index is 2.03. The quantitative estimate of drug-likeness (QED) is 0.443. The van der Waals surface area contributed by atoms with Crippen molar-refractivity contribution in [3.63, 3.8) is 0 Å². The van der Waals surface area contributed by atoms with Crippen LogP contribution in [0.2, 0.25) is 0 Å². The molecule has 1 aliphatic rings. The molecule has 4 rings (SSSR count). The smallest absolute Gasteiger partial charge is 0.435 e. The summed E-state index contributed by atoms with van der Waals surface area (Å²) >= 11 is 2.07. The largest absolute Gasteiger partial charge is 0.494 e. The Bertz CT molecular complexity index is 1200. The normalized spacial score (nSPS) is 15.7. The molecule has 1 atom stereocenters. The Morgan fingerprint density at radius 1 is 1.37 bits per heavy atom. The lowest BCUT2D eigenvalue weighted by molar-refractivity contribution is 0.0522. The number of hydrogen-bond acceptors (Lipinski definition) is 6. The average Bonchev–Trinajstić information content (AvgIpc) is 3.27. The van der Waals surface area contributed by atoms with Crippen LogP contribution in [-0.4, -0.2) is 33.6 Å². The SMILES string of the molecule is COc1cnc2c(I)nn(C(=O)OC(C)(C)C)c2c1-c1cccc2c1CCC2C#N. The number of nitriles is 1. The molecule has 0 bridgehead atoms. The van der Waals surface area contributed by atoms with E-state index in [1.807, 2.05) is 39.0 Å². The number of nitrogens with zero attached hydrogens (tertiary/aromatic N) is 4. The highest BCUT2D eigenvalue weighted by atomic mass is 127. The van der Waals surface area contributed by atoms with Crippen molar-refractivity contribution in [2.45, 2.75) is 45.1 Å². The minimum absolute atomic E-state index is 0.126. The van der Waals surface area contributed by atoms with Gasteiger partial charge >= 0.3 is 6.09 Å². The molecule has 0 aliphatic heterocycles. The predicted molar refractivity (Wildman–Crippen MR) is 121 cm³/mol. The number of pyridine rings is 1. The van der Waals surface area contributed by atoms with E-state index in [0.717, 1.165) is 35.1 Å². The number of rotatable bonds is 2. The van der Waals surface area contributed by atoms with E-state index in [1.54, 1.807) is 13.3 Å². The van der Waals surface area contributed by atoms with E-state index < -0.39 is 11.7 Å². The van der Waals surface area contributed by atoms with Gasteiger partial charge in [0.15, 0.2) is 0 Å². The van der Waals surface area contributed by atoms with Crippen molar-refractivity contribution >= 4 is 39.7 Å². The number of ether oxygens (including phenoxy) is 2. The van der Waals surface area contributed by atoms with Gasteiger partial charge < -0.3 is 9.47 Å². The first-order chi connectivity index (χ1) is 14.2. The summed E-state index contributed by atoms with van der Waals surface area (Å²) in [5.74, 6) is 0.414. The van der Waals surface area contributed by atoms with Crippen molar-refractivity contribution in [2.75, 3.05) is 7.11 Å². The van der Waals surface area contributed by atoms with Gasteiger partial charge in [0.1, 0.15) is 26.1 Å². The topological polar surface area (TPSA) is 90.0 Å². The zero-order valence-corrected chi connectivity index (χ0v) is 19.4.